The molecule has 1 aliphatic rings. The molecule has 4 N–H and O–H groups in total. The van der Waals surface area contributed by atoms with Crippen LogP contribution < -0.4 is 15.5 Å². The first-order valence-electron chi connectivity index (χ1n) is 12.6. The molecule has 2 aromatic carbocycles. The van der Waals surface area contributed by atoms with Crippen LogP contribution in [0.4, 0.5) is 13.2 Å². The fraction of sp³-hybridized carbons (Fsp3) is 0.357. The quantitative estimate of drug-likeness (QED) is 0.233. The van der Waals surface area contributed by atoms with Crippen molar-refractivity contribution in [3.05, 3.63) is 71.4 Å². The van der Waals surface area contributed by atoms with Gasteiger partial charge < -0.3 is 15.2 Å². The number of hydrogen-bond donors (Lipinski definition) is 4. The molecule has 1 fully saturated rings. The maximum Gasteiger partial charge on any atom is 0.490 e. The highest BCUT2D eigenvalue weighted by Crippen LogP contribution is 2.31. The number of carbonyl (C=O) groups is 3. The zero-order valence-corrected chi connectivity index (χ0v) is 21.8. The van der Waals surface area contributed by atoms with Gasteiger partial charge in [-0.3, -0.25) is 19.8 Å². The lowest BCUT2D eigenvalue weighted by Crippen LogP contribution is -2.52. The third-order valence-corrected chi connectivity index (χ3v) is 6.50. The summed E-state index contributed by atoms with van der Waals surface area (Å²) in [6.45, 7) is 2.36. The Morgan fingerprint density at radius 3 is 2.25 bits per heavy atom. The van der Waals surface area contributed by atoms with Crippen molar-refractivity contribution in [2.24, 2.45) is 0 Å². The number of benzene rings is 2. The number of ether oxygens (including phenoxy) is 1. The summed E-state index contributed by atoms with van der Waals surface area (Å²) in [4.78, 5) is 38.2. The molecule has 40 heavy (non-hydrogen) atoms. The second-order valence-corrected chi connectivity index (χ2v) is 9.56. The molecule has 214 valence electrons. The van der Waals surface area contributed by atoms with Crippen molar-refractivity contribution in [3.8, 4) is 5.75 Å². The molecule has 0 atom stereocenters. The van der Waals surface area contributed by atoms with Crippen LogP contribution in [-0.2, 0) is 16.2 Å². The molecule has 1 saturated carbocycles. The SMILES string of the molecule is Cc1cc(COc2ccc(C(=O)NC3(CC(=O)NO)CCCCC3)cc2)c2ccccc2n1.O=C(O)C(F)(F)F. The summed E-state index contributed by atoms with van der Waals surface area (Å²) in [5.74, 6) is -2.81. The summed E-state index contributed by atoms with van der Waals surface area (Å²) in [6, 6.07) is 17.0. The molecule has 12 heteroatoms. The molecule has 0 bridgehead atoms. The molecule has 1 aliphatic carbocycles. The summed E-state index contributed by atoms with van der Waals surface area (Å²) < 4.78 is 37.7. The smallest absolute Gasteiger partial charge is 0.489 e. The Morgan fingerprint density at radius 1 is 1.02 bits per heavy atom. The summed E-state index contributed by atoms with van der Waals surface area (Å²) >= 11 is 0. The van der Waals surface area contributed by atoms with Crippen molar-refractivity contribution in [1.82, 2.24) is 15.8 Å². The number of nitrogens with one attached hydrogen (secondary N) is 2. The van der Waals surface area contributed by atoms with Crippen LogP contribution in [-0.4, -0.2) is 44.8 Å². The van der Waals surface area contributed by atoms with Gasteiger partial charge in [-0.1, -0.05) is 37.5 Å². The fourth-order valence-electron chi connectivity index (χ4n) is 4.61. The Hall–Kier alpha value is -4.19. The molecular weight excluding hydrogens is 531 g/mol. The fourth-order valence-corrected chi connectivity index (χ4v) is 4.61. The predicted octanol–water partition coefficient (Wildman–Crippen LogP) is 5.08. The average molecular weight is 562 g/mol. The maximum atomic E-state index is 12.9. The lowest BCUT2D eigenvalue weighted by molar-refractivity contribution is -0.192. The van der Waals surface area contributed by atoms with Crippen LogP contribution in [0.3, 0.4) is 0 Å². The van der Waals surface area contributed by atoms with Crippen LogP contribution in [0.25, 0.3) is 10.9 Å². The minimum atomic E-state index is -5.08. The number of aryl methyl sites for hydroxylation is 1. The number of para-hydroxylation sites is 1. The van der Waals surface area contributed by atoms with E-state index in [1.807, 2.05) is 37.3 Å². The number of hydroxylamine groups is 1. The molecule has 1 aromatic heterocycles. The van der Waals surface area contributed by atoms with Crippen molar-refractivity contribution in [2.45, 2.75) is 63.8 Å². The monoisotopic (exact) mass is 561 g/mol. The van der Waals surface area contributed by atoms with Crippen molar-refractivity contribution >= 4 is 28.7 Å². The van der Waals surface area contributed by atoms with Gasteiger partial charge in [-0.05, 0) is 56.2 Å². The maximum absolute atomic E-state index is 12.9. The first-order valence-corrected chi connectivity index (χ1v) is 12.6. The van der Waals surface area contributed by atoms with Crippen molar-refractivity contribution < 1.29 is 42.6 Å². The van der Waals surface area contributed by atoms with Gasteiger partial charge in [0.25, 0.3) is 5.91 Å². The Morgan fingerprint density at radius 2 is 1.65 bits per heavy atom. The molecule has 0 unspecified atom stereocenters. The van der Waals surface area contributed by atoms with Gasteiger partial charge in [0, 0.05) is 27.7 Å². The Bertz CT molecular complexity index is 1340. The number of alkyl halides is 3. The number of rotatable bonds is 7. The van der Waals surface area contributed by atoms with Crippen LogP contribution in [0.2, 0.25) is 0 Å². The number of amides is 2. The van der Waals surface area contributed by atoms with E-state index in [1.54, 1.807) is 29.7 Å². The molecule has 0 aliphatic heterocycles. The number of carboxylic acid groups (broad SMARTS) is 1. The summed E-state index contributed by atoms with van der Waals surface area (Å²) in [6.07, 6.45) is -0.629. The normalized spacial score (nSPS) is 14.4. The zero-order valence-electron chi connectivity index (χ0n) is 21.8. The van der Waals surface area contributed by atoms with Gasteiger partial charge in [0.2, 0.25) is 5.91 Å². The Labute approximate surface area is 228 Å². The third kappa shape index (κ3) is 8.40. The molecular formula is C28H30F3N3O6. The number of fused-ring (bicyclic) bond motifs is 1. The first-order chi connectivity index (χ1) is 18.9. The number of nitrogens with zero attached hydrogens (tertiary/aromatic N) is 1. The Kier molecular flexibility index (Phi) is 10.1. The number of hydrogen-bond acceptors (Lipinski definition) is 6. The summed E-state index contributed by atoms with van der Waals surface area (Å²) in [5.41, 5.74) is 4.50. The van der Waals surface area contributed by atoms with E-state index >= 15 is 0 Å². The molecule has 1 heterocycles. The second-order valence-electron chi connectivity index (χ2n) is 9.56. The number of aromatic nitrogens is 1. The number of carboxylic acids is 1. The van der Waals surface area contributed by atoms with E-state index in [1.165, 1.54) is 0 Å². The van der Waals surface area contributed by atoms with E-state index in [0.29, 0.717) is 30.8 Å². The van der Waals surface area contributed by atoms with Gasteiger partial charge in [0.15, 0.2) is 0 Å². The van der Waals surface area contributed by atoms with Crippen LogP contribution >= 0.6 is 0 Å². The van der Waals surface area contributed by atoms with Crippen LogP contribution in [0.5, 0.6) is 5.75 Å². The van der Waals surface area contributed by atoms with Crippen molar-refractivity contribution in [1.29, 1.82) is 0 Å². The number of pyridine rings is 1. The number of aliphatic carboxylic acids is 1. The van der Waals surface area contributed by atoms with Crippen molar-refractivity contribution in [2.75, 3.05) is 0 Å². The predicted molar refractivity (Wildman–Crippen MR) is 139 cm³/mol. The largest absolute Gasteiger partial charge is 0.490 e. The number of carbonyl (C=O) groups excluding carboxylic acids is 2. The molecule has 0 spiro atoms. The molecule has 2 amide bonds. The lowest BCUT2D eigenvalue weighted by Gasteiger charge is -2.37. The second kappa shape index (κ2) is 13.2. The zero-order chi connectivity index (χ0) is 29.3. The van der Waals surface area contributed by atoms with Crippen LogP contribution in [0, 0.1) is 6.92 Å². The minimum absolute atomic E-state index is 0.0652. The van der Waals surface area contributed by atoms with Crippen LogP contribution in [0.1, 0.15) is 60.1 Å². The highest BCUT2D eigenvalue weighted by Gasteiger charge is 2.38. The Balaban J connectivity index is 0.000000559. The highest BCUT2D eigenvalue weighted by atomic mass is 19.4. The molecule has 9 nitrogen and oxygen atoms in total. The van der Waals surface area contributed by atoms with E-state index in [-0.39, 0.29) is 12.3 Å². The van der Waals surface area contributed by atoms with E-state index < -0.39 is 23.6 Å². The van der Waals surface area contributed by atoms with E-state index in [9.17, 15) is 22.8 Å². The molecule has 0 saturated heterocycles. The van der Waals surface area contributed by atoms with Crippen molar-refractivity contribution in [3.63, 3.8) is 0 Å². The van der Waals surface area contributed by atoms with Gasteiger partial charge in [-0.15, -0.1) is 0 Å². The van der Waals surface area contributed by atoms with E-state index in [4.69, 9.17) is 19.8 Å². The van der Waals surface area contributed by atoms with E-state index in [2.05, 4.69) is 10.3 Å². The van der Waals surface area contributed by atoms with Crippen LogP contribution in [0.15, 0.2) is 54.6 Å². The van der Waals surface area contributed by atoms with E-state index in [0.717, 1.165) is 41.4 Å². The lowest BCUT2D eigenvalue weighted by atomic mass is 9.79. The van der Waals surface area contributed by atoms with Gasteiger partial charge in [-0.2, -0.15) is 13.2 Å². The minimum Gasteiger partial charge on any atom is -0.489 e. The first kappa shape index (κ1) is 30.4. The number of halogens is 3. The van der Waals surface area contributed by atoms with Gasteiger partial charge in [0.05, 0.1) is 11.9 Å². The van der Waals surface area contributed by atoms with Gasteiger partial charge >= 0.3 is 12.1 Å². The standard InChI is InChI=1S/C26H29N3O4.C2HF3O2/c1-18-15-20(22-7-3-4-8-23(22)27-18)17-33-21-11-9-19(10-12-21)25(31)28-26(16-24(30)29-32)13-5-2-6-14-26;3-2(4,5)1(6)7/h3-4,7-12,15,32H,2,5-6,13-14,16-17H2,1H3,(H,28,31)(H,29,30);(H,6,7). The summed E-state index contributed by atoms with van der Waals surface area (Å²) in [5, 5.41) is 20.2. The third-order valence-electron chi connectivity index (χ3n) is 6.50. The molecule has 3 aromatic rings. The average Bonchev–Trinajstić information content (AvgIpc) is 2.92. The molecule has 4 rings (SSSR count). The van der Waals surface area contributed by atoms with Gasteiger partial charge in [0.1, 0.15) is 12.4 Å². The topological polar surface area (TPSA) is 138 Å². The highest BCUT2D eigenvalue weighted by molar-refractivity contribution is 5.95. The van der Waals surface area contributed by atoms with Gasteiger partial charge in [-0.25, -0.2) is 10.3 Å². The summed E-state index contributed by atoms with van der Waals surface area (Å²) in [7, 11) is 0. The molecule has 0 radical (unpaired) electrons.